The minimum absolute atomic E-state index is 0.0634. The van der Waals surface area contributed by atoms with E-state index in [0.717, 1.165) is 24.3 Å². The quantitative estimate of drug-likeness (QED) is 0.908. The number of hydrogen-bond donors (Lipinski definition) is 1. The van der Waals surface area contributed by atoms with Gasteiger partial charge in [-0.25, -0.2) is 9.78 Å². The van der Waals surface area contributed by atoms with Gasteiger partial charge >= 0.3 is 6.03 Å². The number of ether oxygens (including phenoxy) is 1. The minimum atomic E-state index is -0.0634. The first-order valence-corrected chi connectivity index (χ1v) is 8.93. The fourth-order valence-electron chi connectivity index (χ4n) is 3.23. The van der Waals surface area contributed by atoms with Gasteiger partial charge in [-0.2, -0.15) is 0 Å². The lowest BCUT2D eigenvalue weighted by Crippen LogP contribution is -2.42. The monoisotopic (exact) mass is 337 g/mol. The van der Waals surface area contributed by atoms with Crippen molar-refractivity contribution in [2.45, 2.75) is 38.8 Å². The van der Waals surface area contributed by atoms with Crippen LogP contribution in [0.1, 0.15) is 30.9 Å². The largest absolute Gasteiger partial charge is 0.477 e. The maximum absolute atomic E-state index is 12.6. The van der Waals surface area contributed by atoms with Gasteiger partial charge in [0.05, 0.1) is 6.61 Å². The van der Waals surface area contributed by atoms with Crippen molar-refractivity contribution < 1.29 is 9.53 Å². The number of rotatable bonds is 5. The van der Waals surface area contributed by atoms with Gasteiger partial charge in [0.1, 0.15) is 0 Å². The number of carbonyl (C=O) groups excluding carboxylic acids is 1. The van der Waals surface area contributed by atoms with E-state index in [2.05, 4.69) is 23.3 Å². The Labute approximate surface area is 148 Å². The van der Waals surface area contributed by atoms with Crippen LogP contribution in [0.4, 0.5) is 10.5 Å². The van der Waals surface area contributed by atoms with Crippen molar-refractivity contribution in [3.8, 4) is 5.88 Å². The molecule has 5 heteroatoms. The molecule has 0 spiro atoms. The van der Waals surface area contributed by atoms with Crippen LogP contribution >= 0.6 is 0 Å². The van der Waals surface area contributed by atoms with E-state index in [4.69, 9.17) is 4.74 Å². The van der Waals surface area contributed by atoms with Gasteiger partial charge in [-0.3, -0.25) is 4.90 Å². The van der Waals surface area contributed by atoms with Gasteiger partial charge < -0.3 is 10.1 Å². The van der Waals surface area contributed by atoms with Crippen LogP contribution in [0.15, 0.2) is 42.6 Å². The van der Waals surface area contributed by atoms with Crippen molar-refractivity contribution in [3.05, 3.63) is 53.7 Å². The number of amides is 2. The average Bonchev–Trinajstić information content (AvgIpc) is 3.39. The number of nitrogens with one attached hydrogen (secondary N) is 1. The number of benzene rings is 1. The summed E-state index contributed by atoms with van der Waals surface area (Å²) in [4.78, 5) is 18.8. The molecule has 130 valence electrons. The van der Waals surface area contributed by atoms with Crippen LogP contribution in [0.3, 0.4) is 0 Å². The van der Waals surface area contributed by atoms with Crippen molar-refractivity contribution in [2.75, 3.05) is 11.5 Å². The van der Waals surface area contributed by atoms with Gasteiger partial charge in [0, 0.05) is 30.5 Å². The minimum Gasteiger partial charge on any atom is -0.477 e. The number of pyridine rings is 1. The molecule has 1 aliphatic heterocycles. The number of anilines is 1. The number of fused-ring (bicyclic) bond motifs is 1. The van der Waals surface area contributed by atoms with Crippen LogP contribution in [0, 0.1) is 5.92 Å². The maximum Gasteiger partial charge on any atom is 0.322 e. The zero-order chi connectivity index (χ0) is 17.2. The highest BCUT2D eigenvalue weighted by molar-refractivity contribution is 5.94. The molecule has 2 aliphatic rings. The topological polar surface area (TPSA) is 54.5 Å². The van der Waals surface area contributed by atoms with E-state index in [0.29, 0.717) is 18.3 Å². The Morgan fingerprint density at radius 3 is 2.88 bits per heavy atom. The Hall–Kier alpha value is -2.56. The van der Waals surface area contributed by atoms with Gasteiger partial charge in [0.15, 0.2) is 0 Å². The normalized spacial score (nSPS) is 18.8. The molecule has 5 nitrogen and oxygen atoms in total. The molecule has 2 aromatic rings. The first-order valence-electron chi connectivity index (χ1n) is 8.93. The Morgan fingerprint density at radius 1 is 1.28 bits per heavy atom. The Bertz CT molecular complexity index is 756. The highest BCUT2D eigenvalue weighted by Gasteiger charge is 2.30. The number of carbonyl (C=O) groups is 1. The zero-order valence-corrected chi connectivity index (χ0v) is 14.4. The van der Waals surface area contributed by atoms with Crippen molar-refractivity contribution in [2.24, 2.45) is 5.92 Å². The fourth-order valence-corrected chi connectivity index (χ4v) is 3.23. The predicted octanol–water partition coefficient (Wildman–Crippen LogP) is 3.53. The molecule has 0 bridgehead atoms. The highest BCUT2D eigenvalue weighted by atomic mass is 16.5. The van der Waals surface area contributed by atoms with Crippen molar-refractivity contribution >= 4 is 11.7 Å². The van der Waals surface area contributed by atoms with Crippen molar-refractivity contribution in [1.29, 1.82) is 0 Å². The summed E-state index contributed by atoms with van der Waals surface area (Å²) >= 11 is 0. The molecule has 4 rings (SSSR count). The summed E-state index contributed by atoms with van der Waals surface area (Å²) in [6.45, 7) is 3.29. The first kappa shape index (κ1) is 15.9. The molecule has 0 radical (unpaired) electrons. The summed E-state index contributed by atoms with van der Waals surface area (Å²) in [7, 11) is 0. The molecule has 0 saturated heterocycles. The van der Waals surface area contributed by atoms with E-state index in [1.165, 1.54) is 18.4 Å². The summed E-state index contributed by atoms with van der Waals surface area (Å²) in [5.41, 5.74) is 3.20. The van der Waals surface area contributed by atoms with E-state index in [1.807, 2.05) is 35.2 Å². The van der Waals surface area contributed by atoms with Gasteiger partial charge in [0.25, 0.3) is 0 Å². The van der Waals surface area contributed by atoms with E-state index in [1.54, 1.807) is 6.20 Å². The number of hydrogen-bond acceptors (Lipinski definition) is 3. The van der Waals surface area contributed by atoms with Crippen LogP contribution < -0.4 is 15.0 Å². The Morgan fingerprint density at radius 2 is 2.12 bits per heavy atom. The molecule has 2 amide bonds. The van der Waals surface area contributed by atoms with Crippen LogP contribution in [0.5, 0.6) is 5.88 Å². The molecule has 1 atom stereocenters. The third-order valence-corrected chi connectivity index (χ3v) is 4.83. The molecule has 2 heterocycles. The van der Waals surface area contributed by atoms with Gasteiger partial charge in [0.2, 0.25) is 5.88 Å². The molecule has 1 aromatic heterocycles. The zero-order valence-electron chi connectivity index (χ0n) is 14.4. The molecule has 1 aromatic carbocycles. The molecule has 1 fully saturated rings. The predicted molar refractivity (Wildman–Crippen MR) is 96.8 cm³/mol. The Balaban J connectivity index is 1.34. The highest BCUT2D eigenvalue weighted by Crippen LogP contribution is 2.31. The van der Waals surface area contributed by atoms with Crippen LogP contribution in [-0.2, 0) is 13.0 Å². The van der Waals surface area contributed by atoms with E-state index in [-0.39, 0.29) is 12.1 Å². The third kappa shape index (κ3) is 3.60. The lowest BCUT2D eigenvalue weighted by atomic mass is 10.1. The molecule has 1 saturated carbocycles. The van der Waals surface area contributed by atoms with Crippen LogP contribution in [0.2, 0.25) is 0 Å². The third-order valence-electron chi connectivity index (χ3n) is 4.83. The molecule has 1 N–H and O–H groups in total. The van der Waals surface area contributed by atoms with Gasteiger partial charge in [-0.05, 0) is 49.3 Å². The summed E-state index contributed by atoms with van der Waals surface area (Å²) in [6.07, 6.45) is 5.20. The summed E-state index contributed by atoms with van der Waals surface area (Å²) in [5, 5.41) is 3.00. The van der Waals surface area contributed by atoms with Crippen molar-refractivity contribution in [1.82, 2.24) is 10.3 Å². The SMILES string of the molecule is CC1Cc2ccccc2N1C(=O)NCc1ccc(OCC2CC2)nc1. The first-order chi connectivity index (χ1) is 12.2. The summed E-state index contributed by atoms with van der Waals surface area (Å²) in [6, 6.07) is 12.0. The van der Waals surface area contributed by atoms with E-state index in [9.17, 15) is 4.79 Å². The molecular weight excluding hydrogens is 314 g/mol. The van der Waals surface area contributed by atoms with E-state index < -0.39 is 0 Å². The summed E-state index contributed by atoms with van der Waals surface area (Å²) < 4.78 is 5.64. The Kier molecular flexibility index (Phi) is 4.30. The number of nitrogens with zero attached hydrogens (tertiary/aromatic N) is 2. The molecule has 25 heavy (non-hydrogen) atoms. The maximum atomic E-state index is 12.6. The second kappa shape index (κ2) is 6.75. The lowest BCUT2D eigenvalue weighted by molar-refractivity contribution is 0.244. The van der Waals surface area contributed by atoms with Gasteiger partial charge in [-0.1, -0.05) is 24.3 Å². The number of aromatic nitrogens is 1. The number of urea groups is 1. The standard InChI is InChI=1S/C20H23N3O2/c1-14-10-17-4-2-3-5-18(17)23(14)20(24)22-12-16-8-9-19(21-11-16)25-13-15-6-7-15/h2-5,8-9,11,14-15H,6-7,10,12-13H2,1H3,(H,22,24). The second-order valence-corrected chi connectivity index (χ2v) is 6.97. The fraction of sp³-hybridized carbons (Fsp3) is 0.400. The summed E-state index contributed by atoms with van der Waals surface area (Å²) in [5.74, 6) is 1.37. The van der Waals surface area contributed by atoms with Crippen molar-refractivity contribution in [3.63, 3.8) is 0 Å². The van der Waals surface area contributed by atoms with Crippen LogP contribution in [-0.4, -0.2) is 23.7 Å². The average molecular weight is 337 g/mol. The number of para-hydroxylation sites is 1. The van der Waals surface area contributed by atoms with E-state index >= 15 is 0 Å². The van der Waals surface area contributed by atoms with Crippen LogP contribution in [0.25, 0.3) is 0 Å². The smallest absolute Gasteiger partial charge is 0.322 e. The van der Waals surface area contributed by atoms with Gasteiger partial charge in [-0.15, -0.1) is 0 Å². The molecular formula is C20H23N3O2. The molecule has 1 unspecified atom stereocenters. The lowest BCUT2D eigenvalue weighted by Gasteiger charge is -2.23. The second-order valence-electron chi connectivity index (χ2n) is 6.97. The molecule has 1 aliphatic carbocycles.